The van der Waals surface area contributed by atoms with Crippen LogP contribution in [0.5, 0.6) is 11.5 Å². The summed E-state index contributed by atoms with van der Waals surface area (Å²) in [6, 6.07) is 9.46. The monoisotopic (exact) mass is 466 g/mol. The maximum Gasteiger partial charge on any atom is 0.295 e. The lowest BCUT2D eigenvalue weighted by Crippen LogP contribution is -2.42. The van der Waals surface area contributed by atoms with E-state index in [2.05, 4.69) is 4.90 Å². The highest BCUT2D eigenvalue weighted by molar-refractivity contribution is 6.46. The fourth-order valence-electron chi connectivity index (χ4n) is 4.45. The highest BCUT2D eigenvalue weighted by Gasteiger charge is 2.46. The van der Waals surface area contributed by atoms with E-state index >= 15 is 0 Å². The summed E-state index contributed by atoms with van der Waals surface area (Å²) >= 11 is 0. The number of carbonyl (C=O) groups excluding carboxylic acids is 2. The van der Waals surface area contributed by atoms with Crippen LogP contribution in [0.15, 0.2) is 42.0 Å². The predicted molar refractivity (Wildman–Crippen MR) is 127 cm³/mol. The molecule has 1 atom stereocenters. The maximum atomic E-state index is 13.2. The Kier molecular flexibility index (Phi) is 6.90. The molecule has 1 amide bonds. The van der Waals surface area contributed by atoms with Crippen LogP contribution in [0.1, 0.15) is 28.3 Å². The molecule has 0 aromatic heterocycles. The third-order valence-corrected chi connectivity index (χ3v) is 6.60. The van der Waals surface area contributed by atoms with Crippen molar-refractivity contribution in [3.8, 4) is 11.5 Å². The predicted octanol–water partition coefficient (Wildman–Crippen LogP) is 2.77. The van der Waals surface area contributed by atoms with Gasteiger partial charge in [0.1, 0.15) is 17.3 Å². The van der Waals surface area contributed by atoms with E-state index in [0.717, 1.165) is 24.2 Å². The molecule has 0 radical (unpaired) electrons. The van der Waals surface area contributed by atoms with Crippen molar-refractivity contribution in [1.82, 2.24) is 9.80 Å². The maximum absolute atomic E-state index is 13.2. The number of amides is 1. The number of carbonyl (C=O) groups is 2. The number of rotatable bonds is 6. The van der Waals surface area contributed by atoms with Crippen molar-refractivity contribution >= 4 is 17.4 Å². The number of Topliss-reactive ketones (excluding diaryl/α,β-unsaturated/α-hetero) is 1. The lowest BCUT2D eigenvalue weighted by Gasteiger charge is -2.31. The average Bonchev–Trinajstić information content (AvgIpc) is 3.10. The average molecular weight is 467 g/mol. The van der Waals surface area contributed by atoms with E-state index in [-0.39, 0.29) is 22.6 Å². The van der Waals surface area contributed by atoms with E-state index in [1.54, 1.807) is 43.5 Å². The zero-order valence-corrected chi connectivity index (χ0v) is 19.7. The summed E-state index contributed by atoms with van der Waals surface area (Å²) in [6.07, 6.45) is 0. The molecule has 8 nitrogen and oxygen atoms in total. The van der Waals surface area contributed by atoms with Crippen LogP contribution in [-0.2, 0) is 14.3 Å². The van der Waals surface area contributed by atoms with Gasteiger partial charge in [0, 0.05) is 26.2 Å². The Hall–Kier alpha value is -3.36. The number of methoxy groups -OCH3 is 1. The normalized spacial score (nSPS) is 20.7. The first-order chi connectivity index (χ1) is 16.3. The second-order valence-electron chi connectivity index (χ2n) is 8.67. The number of hydrogen-bond donors (Lipinski definition) is 2. The zero-order chi connectivity index (χ0) is 24.4. The Morgan fingerprint density at radius 3 is 2.35 bits per heavy atom. The Balaban J connectivity index is 1.78. The van der Waals surface area contributed by atoms with Crippen molar-refractivity contribution in [2.45, 2.75) is 19.9 Å². The molecule has 4 rings (SSSR count). The van der Waals surface area contributed by atoms with Crippen LogP contribution >= 0.6 is 0 Å². The number of hydrogen-bond acceptors (Lipinski definition) is 7. The van der Waals surface area contributed by atoms with Gasteiger partial charge in [0.05, 0.1) is 37.5 Å². The van der Waals surface area contributed by atoms with E-state index in [9.17, 15) is 19.8 Å². The number of aliphatic hydroxyl groups excluding tert-OH is 1. The number of aliphatic hydroxyl groups is 1. The number of nitrogens with zero attached hydrogens (tertiary/aromatic N) is 2. The van der Waals surface area contributed by atoms with Gasteiger partial charge in [-0.2, -0.15) is 0 Å². The van der Waals surface area contributed by atoms with Gasteiger partial charge in [-0.25, -0.2) is 0 Å². The number of aromatic hydroxyl groups is 1. The third kappa shape index (κ3) is 4.51. The smallest absolute Gasteiger partial charge is 0.295 e. The number of likely N-dealkylation sites (tertiary alicyclic amines) is 1. The van der Waals surface area contributed by atoms with Crippen LogP contribution in [0.2, 0.25) is 0 Å². The molecule has 0 bridgehead atoms. The Morgan fingerprint density at radius 1 is 1.06 bits per heavy atom. The number of phenols is 1. The third-order valence-electron chi connectivity index (χ3n) is 6.60. The molecule has 2 saturated heterocycles. The first-order valence-electron chi connectivity index (χ1n) is 11.3. The minimum Gasteiger partial charge on any atom is -0.507 e. The lowest BCUT2D eigenvalue weighted by atomic mass is 9.93. The van der Waals surface area contributed by atoms with Crippen LogP contribution < -0.4 is 4.74 Å². The van der Waals surface area contributed by atoms with Crippen LogP contribution in [0, 0.1) is 13.8 Å². The van der Waals surface area contributed by atoms with Gasteiger partial charge in [-0.3, -0.25) is 14.5 Å². The van der Waals surface area contributed by atoms with Gasteiger partial charge in [0.15, 0.2) is 0 Å². The standard InChI is InChI=1S/C26H30N2O6/c1-16-14-20(21(29)15-17(16)2)24(30)22-23(18-4-6-19(33-3)7-5-18)28(26(32)25(22)31)9-8-27-10-12-34-13-11-27/h4-7,14-15,23,29-30H,8-13H2,1-3H3/t23-/m1/s1. The fraction of sp³-hybridized carbons (Fsp3) is 0.385. The van der Waals surface area contributed by atoms with E-state index < -0.39 is 17.7 Å². The summed E-state index contributed by atoms with van der Waals surface area (Å²) in [5, 5.41) is 21.8. The molecule has 0 spiro atoms. The number of benzene rings is 2. The number of phenolic OH excluding ortho intramolecular Hbond substituents is 1. The molecule has 2 N–H and O–H groups in total. The summed E-state index contributed by atoms with van der Waals surface area (Å²) in [5.74, 6) is -1.32. The molecule has 8 heteroatoms. The van der Waals surface area contributed by atoms with Crippen molar-refractivity contribution < 1.29 is 29.3 Å². The summed E-state index contributed by atoms with van der Waals surface area (Å²) in [7, 11) is 1.56. The molecule has 180 valence electrons. The van der Waals surface area contributed by atoms with Crippen LogP contribution in [0.25, 0.3) is 5.76 Å². The highest BCUT2D eigenvalue weighted by Crippen LogP contribution is 2.41. The molecule has 2 heterocycles. The van der Waals surface area contributed by atoms with Crippen LogP contribution in [0.3, 0.4) is 0 Å². The molecular weight excluding hydrogens is 436 g/mol. The Bertz CT molecular complexity index is 1120. The van der Waals surface area contributed by atoms with Gasteiger partial charge in [0.25, 0.3) is 11.7 Å². The number of morpholine rings is 1. The molecule has 2 aliphatic rings. The second kappa shape index (κ2) is 9.87. The lowest BCUT2D eigenvalue weighted by molar-refractivity contribution is -0.140. The Morgan fingerprint density at radius 2 is 1.71 bits per heavy atom. The minimum atomic E-state index is -0.784. The molecular formula is C26H30N2O6. The number of aryl methyl sites for hydroxylation is 2. The van der Waals surface area contributed by atoms with Crippen molar-refractivity contribution in [3.05, 3.63) is 64.2 Å². The topological polar surface area (TPSA) is 99.5 Å². The summed E-state index contributed by atoms with van der Waals surface area (Å²) < 4.78 is 10.6. The zero-order valence-electron chi connectivity index (χ0n) is 19.7. The molecule has 0 unspecified atom stereocenters. The van der Waals surface area contributed by atoms with E-state index in [1.807, 2.05) is 13.8 Å². The van der Waals surface area contributed by atoms with E-state index in [1.165, 1.54) is 4.90 Å². The first kappa shape index (κ1) is 23.8. The SMILES string of the molecule is COc1ccc([C@@H]2C(=C(O)c3cc(C)c(C)cc3O)C(=O)C(=O)N2CCN2CCOCC2)cc1. The van der Waals surface area contributed by atoms with Gasteiger partial charge in [-0.15, -0.1) is 0 Å². The minimum absolute atomic E-state index is 0.0318. The van der Waals surface area contributed by atoms with Crippen molar-refractivity contribution in [2.75, 3.05) is 46.5 Å². The van der Waals surface area contributed by atoms with Gasteiger partial charge in [-0.1, -0.05) is 12.1 Å². The number of ketones is 1. The first-order valence-corrected chi connectivity index (χ1v) is 11.3. The van der Waals surface area contributed by atoms with Gasteiger partial charge >= 0.3 is 0 Å². The van der Waals surface area contributed by atoms with Crippen molar-refractivity contribution in [1.29, 1.82) is 0 Å². The summed E-state index contributed by atoms with van der Waals surface area (Å²) in [5.41, 5.74) is 2.48. The molecule has 2 fully saturated rings. The van der Waals surface area contributed by atoms with Gasteiger partial charge < -0.3 is 24.6 Å². The van der Waals surface area contributed by atoms with Crippen LogP contribution in [0.4, 0.5) is 0 Å². The molecule has 34 heavy (non-hydrogen) atoms. The van der Waals surface area contributed by atoms with Gasteiger partial charge in [-0.05, 0) is 54.8 Å². The van der Waals surface area contributed by atoms with Gasteiger partial charge in [0.2, 0.25) is 0 Å². The summed E-state index contributed by atoms with van der Waals surface area (Å²) in [4.78, 5) is 30.0. The van der Waals surface area contributed by atoms with E-state index in [0.29, 0.717) is 37.6 Å². The molecule has 0 saturated carbocycles. The second-order valence-corrected chi connectivity index (χ2v) is 8.67. The Labute approximate surface area is 199 Å². The molecule has 2 aromatic carbocycles. The molecule has 0 aliphatic carbocycles. The number of ether oxygens (including phenoxy) is 2. The molecule has 2 aromatic rings. The fourth-order valence-corrected chi connectivity index (χ4v) is 4.45. The van der Waals surface area contributed by atoms with E-state index in [4.69, 9.17) is 9.47 Å². The molecule has 2 aliphatic heterocycles. The van der Waals surface area contributed by atoms with Crippen molar-refractivity contribution in [3.63, 3.8) is 0 Å². The largest absolute Gasteiger partial charge is 0.507 e. The van der Waals surface area contributed by atoms with Crippen molar-refractivity contribution in [2.24, 2.45) is 0 Å². The highest BCUT2D eigenvalue weighted by atomic mass is 16.5. The quantitative estimate of drug-likeness (QED) is 0.384. The summed E-state index contributed by atoms with van der Waals surface area (Å²) in [6.45, 7) is 7.38. The van der Waals surface area contributed by atoms with Crippen LogP contribution in [-0.4, -0.2) is 78.2 Å².